The first-order valence-electron chi connectivity index (χ1n) is 7.16. The Morgan fingerprint density at radius 3 is 2.22 bits per heavy atom. The Balaban J connectivity index is 1.95. The summed E-state index contributed by atoms with van der Waals surface area (Å²) in [6.07, 6.45) is 2.38. The van der Waals surface area contributed by atoms with Gasteiger partial charge in [0, 0.05) is 19.1 Å². The van der Waals surface area contributed by atoms with E-state index in [2.05, 4.69) is 19.2 Å². The maximum absolute atomic E-state index is 12.6. The van der Waals surface area contributed by atoms with Crippen molar-refractivity contribution in [1.82, 2.24) is 10.2 Å². The second-order valence-electron chi connectivity index (χ2n) is 5.82. The van der Waals surface area contributed by atoms with E-state index in [1.807, 2.05) is 18.9 Å². The van der Waals surface area contributed by atoms with Crippen LogP contribution in [0.2, 0.25) is 0 Å². The van der Waals surface area contributed by atoms with Crippen molar-refractivity contribution in [3.05, 3.63) is 0 Å². The Labute approximate surface area is 110 Å². The summed E-state index contributed by atoms with van der Waals surface area (Å²) in [4.78, 5) is 14.6. The third kappa shape index (κ3) is 2.54. The van der Waals surface area contributed by atoms with Crippen LogP contribution in [0.5, 0.6) is 0 Å². The largest absolute Gasteiger partial charge is 0.374 e. The van der Waals surface area contributed by atoms with Crippen LogP contribution in [0.1, 0.15) is 33.6 Å². The van der Waals surface area contributed by atoms with Crippen LogP contribution in [-0.4, -0.2) is 49.2 Å². The number of ether oxygens (including phenoxy) is 1. The Kier molecular flexibility index (Phi) is 4.28. The zero-order valence-electron chi connectivity index (χ0n) is 12.0. The fraction of sp³-hybridized carbons (Fsp3) is 0.929. The van der Waals surface area contributed by atoms with Crippen molar-refractivity contribution in [2.45, 2.75) is 51.9 Å². The molecule has 0 aromatic carbocycles. The highest BCUT2D eigenvalue weighted by Gasteiger charge is 2.43. The van der Waals surface area contributed by atoms with Crippen molar-refractivity contribution in [1.29, 1.82) is 0 Å². The molecule has 2 aliphatic rings. The molecule has 2 heterocycles. The van der Waals surface area contributed by atoms with Gasteiger partial charge in [0.1, 0.15) is 0 Å². The average molecular weight is 254 g/mol. The van der Waals surface area contributed by atoms with Crippen molar-refractivity contribution in [3.63, 3.8) is 0 Å². The molecule has 0 radical (unpaired) electrons. The van der Waals surface area contributed by atoms with E-state index in [4.69, 9.17) is 4.74 Å². The third-order valence-electron chi connectivity index (χ3n) is 4.74. The minimum Gasteiger partial charge on any atom is -0.374 e. The van der Waals surface area contributed by atoms with Gasteiger partial charge in [-0.15, -0.1) is 0 Å². The number of amides is 1. The molecule has 2 fully saturated rings. The second-order valence-corrected chi connectivity index (χ2v) is 5.82. The van der Waals surface area contributed by atoms with Gasteiger partial charge in [-0.1, -0.05) is 6.92 Å². The summed E-state index contributed by atoms with van der Waals surface area (Å²) in [7, 11) is 2.00. The maximum atomic E-state index is 12.6. The van der Waals surface area contributed by atoms with Crippen LogP contribution in [-0.2, 0) is 9.53 Å². The number of nitrogens with zero attached hydrogens (tertiary/aromatic N) is 1. The molecule has 2 saturated heterocycles. The minimum absolute atomic E-state index is 0.0473. The van der Waals surface area contributed by atoms with E-state index in [1.54, 1.807) is 0 Å². The summed E-state index contributed by atoms with van der Waals surface area (Å²) in [5.74, 6) is 0.676. The third-order valence-corrected chi connectivity index (χ3v) is 4.74. The van der Waals surface area contributed by atoms with Crippen LogP contribution in [0, 0.1) is 11.8 Å². The molecule has 1 N–H and O–H groups in total. The molecule has 4 heteroatoms. The number of nitrogens with one attached hydrogen (secondary N) is 1. The molecule has 0 bridgehead atoms. The van der Waals surface area contributed by atoms with E-state index in [9.17, 15) is 4.79 Å². The van der Waals surface area contributed by atoms with E-state index < -0.39 is 0 Å². The summed E-state index contributed by atoms with van der Waals surface area (Å²) in [5.41, 5.74) is 0. The van der Waals surface area contributed by atoms with Gasteiger partial charge >= 0.3 is 0 Å². The highest BCUT2D eigenvalue weighted by Crippen LogP contribution is 2.34. The molecule has 104 valence electrons. The SMILES string of the molecule is CNC1CCN(C(=O)C2C(C)OC(C)C2C)CC1. The molecule has 4 unspecified atom stereocenters. The zero-order valence-corrected chi connectivity index (χ0v) is 12.0. The number of hydrogen-bond donors (Lipinski definition) is 1. The molecule has 18 heavy (non-hydrogen) atoms. The topological polar surface area (TPSA) is 41.6 Å². The second kappa shape index (κ2) is 5.57. The molecular weight excluding hydrogens is 228 g/mol. The smallest absolute Gasteiger partial charge is 0.228 e. The maximum Gasteiger partial charge on any atom is 0.228 e. The van der Waals surface area contributed by atoms with E-state index in [1.165, 1.54) is 0 Å². The normalized spacial score (nSPS) is 38.1. The van der Waals surface area contributed by atoms with Gasteiger partial charge in [-0.25, -0.2) is 0 Å². The van der Waals surface area contributed by atoms with E-state index in [0.717, 1.165) is 25.9 Å². The number of piperidine rings is 1. The molecule has 0 spiro atoms. The van der Waals surface area contributed by atoms with Crippen LogP contribution in [0.4, 0.5) is 0 Å². The highest BCUT2D eigenvalue weighted by molar-refractivity contribution is 5.80. The first kappa shape index (κ1) is 13.8. The van der Waals surface area contributed by atoms with Crippen molar-refractivity contribution in [2.24, 2.45) is 11.8 Å². The number of carbonyl (C=O) groups excluding carboxylic acids is 1. The lowest BCUT2D eigenvalue weighted by Crippen LogP contribution is -2.48. The molecule has 0 aromatic rings. The summed E-state index contributed by atoms with van der Waals surface area (Å²) in [6.45, 7) is 8.00. The first-order valence-corrected chi connectivity index (χ1v) is 7.16. The van der Waals surface area contributed by atoms with Crippen LogP contribution in [0.3, 0.4) is 0 Å². The number of rotatable bonds is 2. The number of hydrogen-bond acceptors (Lipinski definition) is 3. The molecule has 0 saturated carbocycles. The lowest BCUT2D eigenvalue weighted by atomic mass is 9.87. The number of likely N-dealkylation sites (tertiary alicyclic amines) is 1. The molecule has 4 nitrogen and oxygen atoms in total. The average Bonchev–Trinajstić information content (AvgIpc) is 2.63. The lowest BCUT2D eigenvalue weighted by Gasteiger charge is -2.34. The van der Waals surface area contributed by atoms with Crippen LogP contribution in [0.15, 0.2) is 0 Å². The van der Waals surface area contributed by atoms with E-state index in [0.29, 0.717) is 17.9 Å². The zero-order chi connectivity index (χ0) is 13.3. The standard InChI is InChI=1S/C14H26N2O2/c1-9-10(2)18-11(3)13(9)14(17)16-7-5-12(15-4)6-8-16/h9-13,15H,5-8H2,1-4H3. The van der Waals surface area contributed by atoms with E-state index >= 15 is 0 Å². The Morgan fingerprint density at radius 1 is 1.17 bits per heavy atom. The Bertz CT molecular complexity index is 300. The van der Waals surface area contributed by atoms with Gasteiger partial charge in [0.05, 0.1) is 18.1 Å². The lowest BCUT2D eigenvalue weighted by molar-refractivity contribution is -0.139. The molecule has 4 atom stereocenters. The Hall–Kier alpha value is -0.610. The molecule has 1 amide bonds. The van der Waals surface area contributed by atoms with Gasteiger partial charge in [0.15, 0.2) is 0 Å². The summed E-state index contributed by atoms with van der Waals surface area (Å²) < 4.78 is 5.78. The van der Waals surface area contributed by atoms with Crippen LogP contribution in [0.25, 0.3) is 0 Å². The van der Waals surface area contributed by atoms with Gasteiger partial charge in [-0.2, -0.15) is 0 Å². The van der Waals surface area contributed by atoms with Gasteiger partial charge in [-0.05, 0) is 39.7 Å². The minimum atomic E-state index is 0.0473. The Morgan fingerprint density at radius 2 is 1.78 bits per heavy atom. The molecule has 2 aliphatic heterocycles. The number of carbonyl (C=O) groups is 1. The van der Waals surface area contributed by atoms with Gasteiger partial charge in [0.25, 0.3) is 0 Å². The molecule has 0 aromatic heterocycles. The fourth-order valence-electron chi connectivity index (χ4n) is 3.29. The van der Waals surface area contributed by atoms with E-state index in [-0.39, 0.29) is 18.1 Å². The predicted octanol–water partition coefficient (Wildman–Crippen LogP) is 1.26. The van der Waals surface area contributed by atoms with Crippen LogP contribution < -0.4 is 5.32 Å². The summed E-state index contributed by atoms with van der Waals surface area (Å²) >= 11 is 0. The monoisotopic (exact) mass is 254 g/mol. The van der Waals surface area contributed by atoms with Crippen molar-refractivity contribution >= 4 is 5.91 Å². The highest BCUT2D eigenvalue weighted by atomic mass is 16.5. The molecular formula is C14H26N2O2. The quantitative estimate of drug-likeness (QED) is 0.806. The summed E-state index contributed by atoms with van der Waals surface area (Å²) in [5, 5.41) is 3.29. The fourth-order valence-corrected chi connectivity index (χ4v) is 3.29. The van der Waals surface area contributed by atoms with Crippen molar-refractivity contribution < 1.29 is 9.53 Å². The predicted molar refractivity (Wildman–Crippen MR) is 71.3 cm³/mol. The van der Waals surface area contributed by atoms with Gasteiger partial charge < -0.3 is 15.0 Å². The van der Waals surface area contributed by atoms with Gasteiger partial charge in [-0.3, -0.25) is 4.79 Å². The van der Waals surface area contributed by atoms with Gasteiger partial charge in [0.2, 0.25) is 5.91 Å². The van der Waals surface area contributed by atoms with Crippen molar-refractivity contribution in [3.8, 4) is 0 Å². The summed E-state index contributed by atoms with van der Waals surface area (Å²) in [6, 6.07) is 0.572. The van der Waals surface area contributed by atoms with Crippen molar-refractivity contribution in [2.75, 3.05) is 20.1 Å². The molecule has 0 aliphatic carbocycles. The first-order chi connectivity index (χ1) is 8.54. The molecule has 2 rings (SSSR count). The van der Waals surface area contributed by atoms with Crippen LogP contribution >= 0.6 is 0 Å².